The molecule has 0 bridgehead atoms. The Morgan fingerprint density at radius 3 is 2.40 bits per heavy atom. The van der Waals surface area contributed by atoms with Gasteiger partial charge in [0.05, 0.1) is 10.9 Å². The van der Waals surface area contributed by atoms with Gasteiger partial charge in [-0.1, -0.05) is 58.9 Å². The fraction of sp³-hybridized carbons (Fsp3) is 0.292. The van der Waals surface area contributed by atoms with Gasteiger partial charge in [-0.05, 0) is 33.4 Å². The largest absolute Gasteiger partial charge is 0.330 e. The molecule has 4 aromatic rings. The Bertz CT molecular complexity index is 1240. The zero-order valence-electron chi connectivity index (χ0n) is 17.8. The van der Waals surface area contributed by atoms with Crippen molar-refractivity contribution in [2.24, 2.45) is 0 Å². The van der Waals surface area contributed by atoms with Crippen LogP contribution in [-0.4, -0.2) is 9.97 Å². The van der Waals surface area contributed by atoms with Crippen LogP contribution in [0.3, 0.4) is 0 Å². The third kappa shape index (κ3) is 3.71. The van der Waals surface area contributed by atoms with Gasteiger partial charge in [0.15, 0.2) is 0 Å². The number of rotatable bonds is 4. The number of nitriles is 1. The predicted octanol–water partition coefficient (Wildman–Crippen LogP) is 7.46. The number of nitrogens with zero attached hydrogens (tertiary/aromatic N) is 3. The summed E-state index contributed by atoms with van der Waals surface area (Å²) in [6.07, 6.45) is 1.58. The average Bonchev–Trinajstić information content (AvgIpc) is 3.32. The summed E-state index contributed by atoms with van der Waals surface area (Å²) < 4.78 is 0. The van der Waals surface area contributed by atoms with Crippen LogP contribution in [0, 0.1) is 11.3 Å². The maximum atomic E-state index is 9.79. The van der Waals surface area contributed by atoms with Crippen LogP contribution in [0.15, 0.2) is 41.4 Å². The van der Waals surface area contributed by atoms with Crippen molar-refractivity contribution < 1.29 is 0 Å². The molecule has 3 aromatic heterocycles. The van der Waals surface area contributed by atoms with Crippen molar-refractivity contribution in [3.63, 3.8) is 0 Å². The lowest BCUT2D eigenvalue weighted by molar-refractivity contribution is 0.591. The van der Waals surface area contributed by atoms with Crippen molar-refractivity contribution in [2.45, 2.75) is 46.0 Å². The predicted molar refractivity (Wildman–Crippen MR) is 128 cm³/mol. The molecule has 0 saturated heterocycles. The van der Waals surface area contributed by atoms with Crippen molar-refractivity contribution in [3.05, 3.63) is 58.0 Å². The number of hydrogen-bond acceptors (Lipinski definition) is 6. The Morgan fingerprint density at radius 1 is 1.03 bits per heavy atom. The minimum atomic E-state index is -0.0891. The van der Waals surface area contributed by atoms with E-state index in [0.29, 0.717) is 11.5 Å². The van der Waals surface area contributed by atoms with Gasteiger partial charge >= 0.3 is 0 Å². The summed E-state index contributed by atoms with van der Waals surface area (Å²) in [6.45, 7) is 10.8. The standard InChI is InChI=1S/C24H24N4S2/c1-14(2)15-6-8-16(9-7-15)18-11-29-23-20(18)21(26-13-27-23)28-22-17(10-25)19(12-30-22)24(3,4)5/h6-9,11-14H,1-5H3,(H,26,27,28). The Balaban J connectivity index is 1.79. The van der Waals surface area contributed by atoms with Crippen LogP contribution in [-0.2, 0) is 5.41 Å². The highest BCUT2D eigenvalue weighted by Gasteiger charge is 2.23. The first-order valence-corrected chi connectivity index (χ1v) is 11.7. The lowest BCUT2D eigenvalue weighted by Gasteiger charge is -2.17. The molecular formula is C24H24N4S2. The van der Waals surface area contributed by atoms with E-state index in [2.05, 4.69) is 91.0 Å². The summed E-state index contributed by atoms with van der Waals surface area (Å²) in [4.78, 5) is 9.94. The van der Waals surface area contributed by atoms with E-state index in [9.17, 15) is 5.26 Å². The molecule has 30 heavy (non-hydrogen) atoms. The van der Waals surface area contributed by atoms with Gasteiger partial charge < -0.3 is 5.32 Å². The molecule has 1 aromatic carbocycles. The van der Waals surface area contributed by atoms with Gasteiger partial charge in [0, 0.05) is 10.9 Å². The van der Waals surface area contributed by atoms with Crippen molar-refractivity contribution >= 4 is 43.7 Å². The lowest BCUT2D eigenvalue weighted by Crippen LogP contribution is -2.11. The molecular weight excluding hydrogens is 408 g/mol. The van der Waals surface area contributed by atoms with Gasteiger partial charge in [0.2, 0.25) is 0 Å². The van der Waals surface area contributed by atoms with Crippen molar-refractivity contribution in [2.75, 3.05) is 5.32 Å². The summed E-state index contributed by atoms with van der Waals surface area (Å²) in [5.41, 5.74) is 5.23. The monoisotopic (exact) mass is 432 g/mol. The minimum Gasteiger partial charge on any atom is -0.330 e. The number of aromatic nitrogens is 2. The molecule has 0 fully saturated rings. The molecule has 6 heteroatoms. The van der Waals surface area contributed by atoms with Gasteiger partial charge in [-0.2, -0.15) is 5.26 Å². The lowest BCUT2D eigenvalue weighted by atomic mass is 9.86. The summed E-state index contributed by atoms with van der Waals surface area (Å²) >= 11 is 3.16. The van der Waals surface area contributed by atoms with Crippen LogP contribution in [0.4, 0.5) is 10.8 Å². The van der Waals surface area contributed by atoms with Crippen molar-refractivity contribution in [1.29, 1.82) is 5.26 Å². The molecule has 0 aliphatic rings. The third-order valence-electron chi connectivity index (χ3n) is 5.20. The summed E-state index contributed by atoms with van der Waals surface area (Å²) in [5.74, 6) is 1.24. The molecule has 0 spiro atoms. The number of hydrogen-bond donors (Lipinski definition) is 1. The maximum absolute atomic E-state index is 9.79. The third-order valence-corrected chi connectivity index (χ3v) is 6.98. The van der Waals surface area contributed by atoms with E-state index in [4.69, 9.17) is 0 Å². The summed E-state index contributed by atoms with van der Waals surface area (Å²) in [6, 6.07) is 11.1. The first-order valence-electron chi connectivity index (χ1n) is 9.91. The quantitative estimate of drug-likeness (QED) is 0.363. The van der Waals surface area contributed by atoms with Crippen LogP contribution < -0.4 is 5.32 Å². The zero-order valence-corrected chi connectivity index (χ0v) is 19.4. The highest BCUT2D eigenvalue weighted by Crippen LogP contribution is 2.41. The molecule has 0 amide bonds. The van der Waals surface area contributed by atoms with E-state index >= 15 is 0 Å². The highest BCUT2D eigenvalue weighted by atomic mass is 32.1. The smallest absolute Gasteiger partial charge is 0.143 e. The van der Waals surface area contributed by atoms with Crippen molar-refractivity contribution in [1.82, 2.24) is 9.97 Å². The van der Waals surface area contributed by atoms with Gasteiger partial charge in [-0.15, -0.1) is 22.7 Å². The Labute approximate surface area is 185 Å². The molecule has 1 N–H and O–H groups in total. The summed E-state index contributed by atoms with van der Waals surface area (Å²) in [5, 5.41) is 19.3. The molecule has 0 unspecified atom stereocenters. The average molecular weight is 433 g/mol. The second-order valence-electron chi connectivity index (χ2n) is 8.67. The van der Waals surface area contributed by atoms with E-state index in [1.54, 1.807) is 29.0 Å². The molecule has 4 rings (SSSR count). The van der Waals surface area contributed by atoms with E-state index in [-0.39, 0.29) is 5.41 Å². The summed E-state index contributed by atoms with van der Waals surface area (Å²) in [7, 11) is 0. The van der Waals surface area contributed by atoms with Crippen LogP contribution in [0.5, 0.6) is 0 Å². The molecule has 0 atom stereocenters. The Hall–Kier alpha value is -2.75. The van der Waals surface area contributed by atoms with E-state index < -0.39 is 0 Å². The fourth-order valence-electron chi connectivity index (χ4n) is 3.45. The molecule has 0 aliphatic carbocycles. The van der Waals surface area contributed by atoms with Crippen LogP contribution in [0.1, 0.15) is 57.2 Å². The molecule has 4 nitrogen and oxygen atoms in total. The highest BCUT2D eigenvalue weighted by molar-refractivity contribution is 7.17. The Kier molecular flexibility index (Phi) is 5.35. The number of benzene rings is 1. The van der Waals surface area contributed by atoms with Gasteiger partial charge in [-0.25, -0.2) is 9.97 Å². The number of nitrogens with one attached hydrogen (secondary N) is 1. The number of fused-ring (bicyclic) bond motifs is 1. The minimum absolute atomic E-state index is 0.0891. The zero-order chi connectivity index (χ0) is 21.5. The van der Waals surface area contributed by atoms with Crippen LogP contribution in [0.2, 0.25) is 0 Å². The van der Waals surface area contributed by atoms with E-state index in [1.165, 1.54) is 5.56 Å². The van der Waals surface area contributed by atoms with E-state index in [0.717, 1.165) is 37.7 Å². The molecule has 0 radical (unpaired) electrons. The van der Waals surface area contributed by atoms with Gasteiger partial charge in [-0.3, -0.25) is 0 Å². The molecule has 0 aliphatic heterocycles. The van der Waals surface area contributed by atoms with E-state index in [1.807, 2.05) is 0 Å². The van der Waals surface area contributed by atoms with Crippen LogP contribution in [0.25, 0.3) is 21.3 Å². The van der Waals surface area contributed by atoms with Gasteiger partial charge in [0.25, 0.3) is 0 Å². The topological polar surface area (TPSA) is 61.6 Å². The fourth-order valence-corrected chi connectivity index (χ4v) is 5.50. The van der Waals surface area contributed by atoms with Gasteiger partial charge in [0.1, 0.15) is 28.0 Å². The number of anilines is 2. The van der Waals surface area contributed by atoms with Crippen molar-refractivity contribution in [3.8, 4) is 17.2 Å². The maximum Gasteiger partial charge on any atom is 0.143 e. The normalized spacial score (nSPS) is 11.8. The molecule has 3 heterocycles. The first kappa shape index (κ1) is 20.5. The second-order valence-corrected chi connectivity index (χ2v) is 10.4. The first-order chi connectivity index (χ1) is 14.3. The Morgan fingerprint density at radius 2 is 1.77 bits per heavy atom. The van der Waals surface area contributed by atoms with Crippen LogP contribution >= 0.6 is 22.7 Å². The molecule has 0 saturated carbocycles. The molecule has 152 valence electrons. The number of thiophene rings is 2. The SMILES string of the molecule is CC(C)c1ccc(-c2csc3ncnc(Nc4scc(C(C)(C)C)c4C#N)c23)cc1. The second kappa shape index (κ2) is 7.82.